The van der Waals surface area contributed by atoms with E-state index in [2.05, 4.69) is 10.4 Å². The number of nitrogens with one attached hydrogen (secondary N) is 1. The van der Waals surface area contributed by atoms with Gasteiger partial charge in [0, 0.05) is 24.8 Å². The summed E-state index contributed by atoms with van der Waals surface area (Å²) in [5.41, 5.74) is 2.46. The smallest absolute Gasteiger partial charge is 0.265 e. The summed E-state index contributed by atoms with van der Waals surface area (Å²) in [7, 11) is -0.885. The largest absolute Gasteiger partial charge is 0.322 e. The van der Waals surface area contributed by atoms with Gasteiger partial charge in [-0.1, -0.05) is 29.3 Å². The Morgan fingerprint density at radius 1 is 1.14 bits per heavy atom. The highest BCUT2D eigenvalue weighted by Gasteiger charge is 2.28. The molecule has 3 rings (SSSR count). The highest BCUT2D eigenvalue weighted by atomic mass is 35.5. The van der Waals surface area contributed by atoms with Crippen LogP contribution < -0.4 is 9.62 Å². The Morgan fingerprint density at radius 3 is 2.41 bits per heavy atom. The Bertz CT molecular complexity index is 1170. The Labute approximate surface area is 175 Å². The third kappa shape index (κ3) is 4.13. The summed E-state index contributed by atoms with van der Waals surface area (Å²) in [5.74, 6) is -0.306. The van der Waals surface area contributed by atoms with Crippen molar-refractivity contribution in [3.8, 4) is 0 Å². The number of benzene rings is 2. The third-order valence-electron chi connectivity index (χ3n) is 4.57. The van der Waals surface area contributed by atoms with Crippen molar-refractivity contribution in [2.45, 2.75) is 18.7 Å². The molecule has 29 heavy (non-hydrogen) atoms. The number of sulfonamides is 1. The lowest BCUT2D eigenvalue weighted by atomic mass is 10.2. The molecule has 9 heteroatoms. The maximum Gasteiger partial charge on any atom is 0.265 e. The van der Waals surface area contributed by atoms with Gasteiger partial charge < -0.3 is 5.32 Å². The van der Waals surface area contributed by atoms with Crippen LogP contribution in [0.2, 0.25) is 5.02 Å². The van der Waals surface area contributed by atoms with Crippen molar-refractivity contribution in [1.82, 2.24) is 9.78 Å². The minimum Gasteiger partial charge on any atom is -0.322 e. The van der Waals surface area contributed by atoms with Gasteiger partial charge in [0.2, 0.25) is 0 Å². The summed E-state index contributed by atoms with van der Waals surface area (Å²) in [5, 5.41) is 7.44. The Morgan fingerprint density at radius 2 is 1.79 bits per heavy atom. The Hall–Kier alpha value is -2.84. The Kier molecular flexibility index (Phi) is 5.68. The van der Waals surface area contributed by atoms with Crippen molar-refractivity contribution in [3.63, 3.8) is 0 Å². The summed E-state index contributed by atoms with van der Waals surface area (Å²) >= 11 is 5.96. The van der Waals surface area contributed by atoms with Crippen LogP contribution in [-0.4, -0.2) is 31.2 Å². The van der Waals surface area contributed by atoms with Crippen LogP contribution in [0.3, 0.4) is 0 Å². The molecule has 1 N–H and O–H groups in total. The second kappa shape index (κ2) is 7.88. The average Bonchev–Trinajstić information content (AvgIpc) is 3.05. The first-order valence-corrected chi connectivity index (χ1v) is 10.6. The molecule has 1 amide bonds. The van der Waals surface area contributed by atoms with E-state index in [-0.39, 0.29) is 16.3 Å². The van der Waals surface area contributed by atoms with Crippen LogP contribution in [0.1, 0.15) is 21.5 Å². The lowest BCUT2D eigenvalue weighted by molar-refractivity contribution is 0.102. The molecule has 0 bridgehead atoms. The minimum atomic E-state index is -3.87. The van der Waals surface area contributed by atoms with Gasteiger partial charge in [-0.3, -0.25) is 13.8 Å². The fourth-order valence-corrected chi connectivity index (χ4v) is 4.37. The van der Waals surface area contributed by atoms with E-state index in [1.54, 1.807) is 37.4 Å². The van der Waals surface area contributed by atoms with Crippen molar-refractivity contribution in [1.29, 1.82) is 0 Å². The minimum absolute atomic E-state index is 0.131. The fourth-order valence-electron chi connectivity index (χ4n) is 2.90. The molecule has 0 spiro atoms. The lowest BCUT2D eigenvalue weighted by Crippen LogP contribution is -2.30. The van der Waals surface area contributed by atoms with Crippen LogP contribution in [0.25, 0.3) is 0 Å². The van der Waals surface area contributed by atoms with Gasteiger partial charge in [0.1, 0.15) is 5.56 Å². The summed E-state index contributed by atoms with van der Waals surface area (Å²) in [6.07, 6.45) is 1.34. The van der Waals surface area contributed by atoms with Crippen molar-refractivity contribution < 1.29 is 13.2 Å². The molecular formula is C20H21ClN4O3S. The maximum atomic E-state index is 13.1. The molecule has 0 saturated carbocycles. The Balaban J connectivity index is 1.96. The zero-order valence-corrected chi connectivity index (χ0v) is 18.0. The molecule has 0 unspecified atom stereocenters. The predicted octanol–water partition coefficient (Wildman–Crippen LogP) is 3.77. The number of rotatable bonds is 5. The van der Waals surface area contributed by atoms with E-state index in [0.29, 0.717) is 10.7 Å². The second-order valence-corrected chi connectivity index (χ2v) is 9.11. The number of nitrogens with zero attached hydrogens (tertiary/aromatic N) is 3. The molecule has 0 atom stereocenters. The molecule has 3 aromatic rings. The standard InChI is InChI=1S/C20H21ClN4O3S/c1-13-5-8-16(9-6-13)29(27,28)25(4)20-17(12-22-24(20)3)19(26)23-18-10-7-15(21)11-14(18)2/h5-12H,1-4H3,(H,23,26). The normalized spacial score (nSPS) is 11.3. The number of aromatic nitrogens is 2. The predicted molar refractivity (Wildman–Crippen MR) is 114 cm³/mol. The monoisotopic (exact) mass is 432 g/mol. The number of carbonyl (C=O) groups is 1. The highest BCUT2D eigenvalue weighted by molar-refractivity contribution is 7.92. The average molecular weight is 433 g/mol. The van der Waals surface area contributed by atoms with E-state index in [0.717, 1.165) is 15.4 Å². The molecule has 0 aliphatic rings. The summed E-state index contributed by atoms with van der Waals surface area (Å²) in [6, 6.07) is 11.6. The second-order valence-electron chi connectivity index (χ2n) is 6.70. The third-order valence-corrected chi connectivity index (χ3v) is 6.56. The van der Waals surface area contributed by atoms with Crippen LogP contribution in [0, 0.1) is 13.8 Å². The van der Waals surface area contributed by atoms with Crippen molar-refractivity contribution in [3.05, 3.63) is 70.4 Å². The van der Waals surface area contributed by atoms with Crippen molar-refractivity contribution in [2.24, 2.45) is 7.05 Å². The van der Waals surface area contributed by atoms with E-state index in [4.69, 9.17) is 11.6 Å². The molecule has 0 fully saturated rings. The van der Waals surface area contributed by atoms with Gasteiger partial charge >= 0.3 is 0 Å². The first kappa shape index (κ1) is 20.9. The zero-order chi connectivity index (χ0) is 21.3. The molecule has 0 saturated heterocycles. The maximum absolute atomic E-state index is 13.1. The van der Waals surface area contributed by atoms with Crippen LogP contribution in [0.15, 0.2) is 53.6 Å². The number of anilines is 2. The molecule has 1 heterocycles. The number of hydrogen-bond acceptors (Lipinski definition) is 4. The van der Waals surface area contributed by atoms with Crippen molar-refractivity contribution in [2.75, 3.05) is 16.7 Å². The highest BCUT2D eigenvalue weighted by Crippen LogP contribution is 2.27. The van der Waals surface area contributed by atoms with Gasteiger partial charge in [-0.05, 0) is 49.7 Å². The van der Waals surface area contributed by atoms with E-state index < -0.39 is 15.9 Å². The number of aryl methyl sites for hydroxylation is 3. The molecule has 1 aromatic heterocycles. The van der Waals surface area contributed by atoms with Gasteiger partial charge in [0.05, 0.1) is 11.1 Å². The molecular weight excluding hydrogens is 412 g/mol. The number of hydrogen-bond donors (Lipinski definition) is 1. The van der Waals surface area contributed by atoms with Gasteiger partial charge in [0.25, 0.3) is 15.9 Å². The molecule has 0 aliphatic heterocycles. The van der Waals surface area contributed by atoms with Crippen LogP contribution in [-0.2, 0) is 17.1 Å². The fraction of sp³-hybridized carbons (Fsp3) is 0.200. The quantitative estimate of drug-likeness (QED) is 0.665. The van der Waals surface area contributed by atoms with Crippen LogP contribution >= 0.6 is 11.6 Å². The van der Waals surface area contributed by atoms with Gasteiger partial charge in [0.15, 0.2) is 5.82 Å². The molecule has 0 radical (unpaired) electrons. The van der Waals surface area contributed by atoms with Crippen LogP contribution in [0.4, 0.5) is 11.5 Å². The number of amides is 1. The van der Waals surface area contributed by atoms with E-state index in [1.807, 2.05) is 13.8 Å². The van der Waals surface area contributed by atoms with E-state index >= 15 is 0 Å². The number of halogens is 1. The topological polar surface area (TPSA) is 84.3 Å². The lowest BCUT2D eigenvalue weighted by Gasteiger charge is -2.21. The van der Waals surface area contributed by atoms with E-state index in [9.17, 15) is 13.2 Å². The SMILES string of the molecule is Cc1ccc(S(=O)(=O)N(C)c2c(C(=O)Nc3ccc(Cl)cc3C)cnn2C)cc1. The molecule has 2 aromatic carbocycles. The first-order valence-electron chi connectivity index (χ1n) is 8.76. The molecule has 0 aliphatic carbocycles. The summed E-state index contributed by atoms with van der Waals surface area (Å²) < 4.78 is 28.5. The molecule has 152 valence electrons. The zero-order valence-electron chi connectivity index (χ0n) is 16.5. The summed E-state index contributed by atoms with van der Waals surface area (Å²) in [4.78, 5) is 13.0. The van der Waals surface area contributed by atoms with Gasteiger partial charge in [-0.2, -0.15) is 5.10 Å². The van der Waals surface area contributed by atoms with Crippen LogP contribution in [0.5, 0.6) is 0 Å². The molecule has 7 nitrogen and oxygen atoms in total. The van der Waals surface area contributed by atoms with E-state index in [1.165, 1.54) is 30.1 Å². The van der Waals surface area contributed by atoms with Crippen molar-refractivity contribution >= 4 is 39.0 Å². The summed E-state index contributed by atoms with van der Waals surface area (Å²) in [6.45, 7) is 3.70. The number of carbonyl (C=O) groups excluding carboxylic acids is 1. The van der Waals surface area contributed by atoms with Gasteiger partial charge in [-0.25, -0.2) is 8.42 Å². The van der Waals surface area contributed by atoms with Gasteiger partial charge in [-0.15, -0.1) is 0 Å². The first-order chi connectivity index (χ1) is 13.6.